The van der Waals surface area contributed by atoms with Crippen molar-refractivity contribution in [2.45, 2.75) is 39.4 Å². The molecular weight excluding hydrogens is 294 g/mol. The quantitative estimate of drug-likeness (QED) is 0.815. The minimum atomic E-state index is -0.596. The Morgan fingerprint density at radius 3 is 2.67 bits per heavy atom. The number of halogens is 1. The summed E-state index contributed by atoms with van der Waals surface area (Å²) in [7, 11) is 1.56. The predicted octanol–water partition coefficient (Wildman–Crippen LogP) is 3.05. The molecule has 1 unspecified atom stereocenters. The van der Waals surface area contributed by atoms with Gasteiger partial charge in [-0.2, -0.15) is 5.10 Å². The van der Waals surface area contributed by atoms with Crippen molar-refractivity contribution < 1.29 is 14.3 Å². The lowest BCUT2D eigenvalue weighted by atomic mass is 10.1. The highest BCUT2D eigenvalue weighted by atomic mass is 35.5. The Morgan fingerprint density at radius 1 is 1.43 bits per heavy atom. The summed E-state index contributed by atoms with van der Waals surface area (Å²) in [6.45, 7) is 7.24. The summed E-state index contributed by atoms with van der Waals surface area (Å²) >= 11 is 5.91. The molecule has 2 rings (SSSR count). The average Bonchev–Trinajstić information content (AvgIpc) is 2.74. The highest BCUT2D eigenvalue weighted by Crippen LogP contribution is 2.24. The SMILES string of the molecule is COC(C)c1c(C(=O)OC(C)(C)C)cnc2cc(Cl)nn12. The van der Waals surface area contributed by atoms with Crippen molar-refractivity contribution in [1.29, 1.82) is 0 Å². The van der Waals surface area contributed by atoms with Crippen molar-refractivity contribution in [2.75, 3.05) is 7.11 Å². The Hall–Kier alpha value is -1.66. The first-order valence-electron chi connectivity index (χ1n) is 6.53. The summed E-state index contributed by atoms with van der Waals surface area (Å²) < 4.78 is 12.3. The van der Waals surface area contributed by atoms with Gasteiger partial charge in [-0.1, -0.05) is 11.6 Å². The fraction of sp³-hybridized carbons (Fsp3) is 0.500. The monoisotopic (exact) mass is 311 g/mol. The maximum absolute atomic E-state index is 12.4. The topological polar surface area (TPSA) is 65.7 Å². The second kappa shape index (κ2) is 5.61. The Morgan fingerprint density at radius 2 is 2.10 bits per heavy atom. The van der Waals surface area contributed by atoms with Crippen LogP contribution < -0.4 is 0 Å². The van der Waals surface area contributed by atoms with Crippen LogP contribution in [0.4, 0.5) is 0 Å². The molecule has 0 aromatic carbocycles. The molecule has 0 bridgehead atoms. The van der Waals surface area contributed by atoms with Gasteiger partial charge < -0.3 is 9.47 Å². The second-order valence-corrected chi connectivity index (χ2v) is 6.06. The number of esters is 1. The molecule has 1 atom stereocenters. The summed E-state index contributed by atoms with van der Waals surface area (Å²) in [6, 6.07) is 1.62. The molecule has 0 aliphatic rings. The zero-order valence-electron chi connectivity index (χ0n) is 12.7. The number of methoxy groups -OCH3 is 1. The third kappa shape index (κ3) is 3.33. The molecule has 0 N–H and O–H groups in total. The molecule has 0 saturated carbocycles. The molecule has 2 aromatic heterocycles. The summed E-state index contributed by atoms with van der Waals surface area (Å²) in [5.74, 6) is -0.470. The molecular formula is C14H18ClN3O3. The van der Waals surface area contributed by atoms with Crippen LogP contribution in [0.25, 0.3) is 5.65 Å². The molecule has 2 heterocycles. The smallest absolute Gasteiger partial charge is 0.342 e. The van der Waals surface area contributed by atoms with Crippen LogP contribution in [0.1, 0.15) is 49.9 Å². The van der Waals surface area contributed by atoms with Crippen molar-refractivity contribution in [1.82, 2.24) is 14.6 Å². The highest BCUT2D eigenvalue weighted by Gasteiger charge is 2.25. The Bertz CT molecular complexity index is 676. The molecule has 0 saturated heterocycles. The molecule has 0 amide bonds. The lowest BCUT2D eigenvalue weighted by Crippen LogP contribution is -2.26. The van der Waals surface area contributed by atoms with E-state index in [9.17, 15) is 4.79 Å². The van der Waals surface area contributed by atoms with E-state index in [0.717, 1.165) is 0 Å². The second-order valence-electron chi connectivity index (χ2n) is 5.67. The fourth-order valence-corrected chi connectivity index (χ4v) is 2.09. The summed E-state index contributed by atoms with van der Waals surface area (Å²) in [4.78, 5) is 16.6. The van der Waals surface area contributed by atoms with Gasteiger partial charge in [-0.25, -0.2) is 14.3 Å². The van der Waals surface area contributed by atoms with E-state index in [-0.39, 0.29) is 6.10 Å². The van der Waals surface area contributed by atoms with E-state index >= 15 is 0 Å². The average molecular weight is 312 g/mol. The molecule has 0 fully saturated rings. The van der Waals surface area contributed by atoms with Crippen molar-refractivity contribution in [2.24, 2.45) is 0 Å². The van der Waals surface area contributed by atoms with Gasteiger partial charge in [0, 0.05) is 19.4 Å². The summed E-state index contributed by atoms with van der Waals surface area (Å²) in [5, 5.41) is 4.45. The number of aromatic nitrogens is 3. The van der Waals surface area contributed by atoms with Crippen molar-refractivity contribution in [3.63, 3.8) is 0 Å². The van der Waals surface area contributed by atoms with Crippen LogP contribution in [0.3, 0.4) is 0 Å². The van der Waals surface area contributed by atoms with Crippen LogP contribution in [0.2, 0.25) is 5.15 Å². The van der Waals surface area contributed by atoms with Gasteiger partial charge in [0.1, 0.15) is 11.2 Å². The number of fused-ring (bicyclic) bond motifs is 1. The first kappa shape index (κ1) is 15.7. The van der Waals surface area contributed by atoms with Crippen LogP contribution >= 0.6 is 11.6 Å². The first-order chi connectivity index (χ1) is 9.73. The lowest BCUT2D eigenvalue weighted by Gasteiger charge is -2.21. The van der Waals surface area contributed by atoms with Crippen LogP contribution in [0.5, 0.6) is 0 Å². The maximum atomic E-state index is 12.4. The fourth-order valence-electron chi connectivity index (χ4n) is 1.92. The number of carbonyl (C=O) groups excluding carboxylic acids is 1. The molecule has 114 valence electrons. The van der Waals surface area contributed by atoms with Gasteiger partial charge in [0.05, 0.1) is 11.8 Å². The van der Waals surface area contributed by atoms with E-state index in [0.29, 0.717) is 22.1 Å². The van der Waals surface area contributed by atoms with Crippen LogP contribution in [-0.2, 0) is 9.47 Å². The lowest BCUT2D eigenvalue weighted by molar-refractivity contribution is 0.00603. The molecule has 2 aromatic rings. The van der Waals surface area contributed by atoms with Gasteiger partial charge in [0.2, 0.25) is 0 Å². The minimum absolute atomic E-state index is 0.299. The van der Waals surface area contributed by atoms with E-state index in [4.69, 9.17) is 21.1 Å². The number of carbonyl (C=O) groups is 1. The van der Waals surface area contributed by atoms with Crippen LogP contribution in [0.15, 0.2) is 12.3 Å². The van der Waals surface area contributed by atoms with Gasteiger partial charge in [-0.15, -0.1) is 0 Å². The Kier molecular flexibility index (Phi) is 4.20. The first-order valence-corrected chi connectivity index (χ1v) is 6.91. The van der Waals surface area contributed by atoms with Crippen LogP contribution in [0, 0.1) is 0 Å². The zero-order valence-corrected chi connectivity index (χ0v) is 13.4. The summed E-state index contributed by atoms with van der Waals surface area (Å²) in [6.07, 6.45) is 1.10. The number of nitrogens with zero attached hydrogens (tertiary/aromatic N) is 3. The Labute approximate surface area is 128 Å². The molecule has 0 aliphatic heterocycles. The van der Waals surface area contributed by atoms with Gasteiger partial charge in [0.25, 0.3) is 0 Å². The standard InChI is InChI=1S/C14H18ClN3O3/c1-8(20-5)12-9(13(19)21-14(2,3)4)7-16-11-6-10(15)17-18(11)12/h6-8H,1-5H3. The third-order valence-electron chi connectivity index (χ3n) is 2.85. The molecule has 0 spiro atoms. The minimum Gasteiger partial charge on any atom is -0.456 e. The maximum Gasteiger partial charge on any atom is 0.342 e. The van der Waals surface area contributed by atoms with Gasteiger partial charge in [-0.05, 0) is 27.7 Å². The zero-order chi connectivity index (χ0) is 15.8. The predicted molar refractivity (Wildman–Crippen MR) is 78.6 cm³/mol. The van der Waals surface area contributed by atoms with E-state index in [2.05, 4.69) is 10.1 Å². The molecule has 21 heavy (non-hydrogen) atoms. The molecule has 7 heteroatoms. The van der Waals surface area contributed by atoms with Crippen molar-refractivity contribution >= 4 is 23.2 Å². The number of hydrogen-bond donors (Lipinski definition) is 0. The molecule has 0 radical (unpaired) electrons. The van der Waals surface area contributed by atoms with Gasteiger partial charge >= 0.3 is 5.97 Å². The van der Waals surface area contributed by atoms with Crippen molar-refractivity contribution in [3.05, 3.63) is 28.7 Å². The van der Waals surface area contributed by atoms with E-state index in [1.54, 1.807) is 33.9 Å². The number of rotatable bonds is 3. The van der Waals surface area contributed by atoms with Crippen LogP contribution in [-0.4, -0.2) is 33.3 Å². The largest absolute Gasteiger partial charge is 0.456 e. The summed E-state index contributed by atoms with van der Waals surface area (Å²) in [5.41, 5.74) is 0.822. The molecule has 0 aliphatic carbocycles. The van der Waals surface area contributed by atoms with Crippen molar-refractivity contribution in [3.8, 4) is 0 Å². The normalized spacial score (nSPS) is 13.4. The number of ether oxygens (including phenoxy) is 2. The van der Waals surface area contributed by atoms with Gasteiger partial charge in [0.15, 0.2) is 10.8 Å². The van der Waals surface area contributed by atoms with E-state index in [1.165, 1.54) is 10.7 Å². The highest BCUT2D eigenvalue weighted by molar-refractivity contribution is 6.29. The van der Waals surface area contributed by atoms with Gasteiger partial charge in [-0.3, -0.25) is 0 Å². The van der Waals surface area contributed by atoms with E-state index < -0.39 is 11.6 Å². The molecule has 6 nitrogen and oxygen atoms in total. The Balaban J connectivity index is 2.59. The number of hydrogen-bond acceptors (Lipinski definition) is 5. The third-order valence-corrected chi connectivity index (χ3v) is 3.03. The van der Waals surface area contributed by atoms with E-state index in [1.807, 2.05) is 6.92 Å².